The SMILES string of the molecule is COc1ccc(S(=O)(=O)N(CC(=O)N(Cc2ccccc2F)C(Cc2ccccc2)C(=O)NC(C)(C)C)c2ccccc2)cc1. The van der Waals surface area contributed by atoms with Gasteiger partial charge in [0.25, 0.3) is 10.0 Å². The smallest absolute Gasteiger partial charge is 0.264 e. The van der Waals surface area contributed by atoms with E-state index < -0.39 is 45.8 Å². The summed E-state index contributed by atoms with van der Waals surface area (Å²) in [4.78, 5) is 29.5. The Kier molecular flexibility index (Phi) is 10.6. The molecule has 0 spiro atoms. The average Bonchev–Trinajstić information content (AvgIpc) is 3.02. The number of nitrogens with zero attached hydrogens (tertiary/aromatic N) is 2. The van der Waals surface area contributed by atoms with Crippen molar-refractivity contribution >= 4 is 27.5 Å². The number of halogens is 1. The largest absolute Gasteiger partial charge is 0.497 e. The Morgan fingerprint density at radius 3 is 2.00 bits per heavy atom. The van der Waals surface area contributed by atoms with Gasteiger partial charge in [-0.2, -0.15) is 0 Å². The van der Waals surface area contributed by atoms with Crippen molar-refractivity contribution in [1.29, 1.82) is 0 Å². The minimum absolute atomic E-state index is 0.0491. The van der Waals surface area contributed by atoms with Crippen LogP contribution in [-0.4, -0.2) is 50.4 Å². The number of para-hydroxylation sites is 1. The van der Waals surface area contributed by atoms with Crippen molar-refractivity contribution in [2.45, 2.75) is 50.2 Å². The molecule has 45 heavy (non-hydrogen) atoms. The van der Waals surface area contributed by atoms with Crippen LogP contribution >= 0.6 is 0 Å². The molecule has 0 saturated carbocycles. The van der Waals surface area contributed by atoms with E-state index in [2.05, 4.69) is 5.32 Å². The van der Waals surface area contributed by atoms with Gasteiger partial charge in [0.15, 0.2) is 0 Å². The molecule has 1 unspecified atom stereocenters. The molecule has 10 heteroatoms. The van der Waals surface area contributed by atoms with E-state index in [1.165, 1.54) is 48.4 Å². The van der Waals surface area contributed by atoms with E-state index in [4.69, 9.17) is 4.74 Å². The van der Waals surface area contributed by atoms with Crippen molar-refractivity contribution in [3.05, 3.63) is 126 Å². The maximum absolute atomic E-state index is 15.0. The van der Waals surface area contributed by atoms with E-state index in [0.29, 0.717) is 5.75 Å². The summed E-state index contributed by atoms with van der Waals surface area (Å²) in [5, 5.41) is 2.96. The zero-order chi connectivity index (χ0) is 32.6. The number of hydrogen-bond donors (Lipinski definition) is 1. The molecule has 1 atom stereocenters. The van der Waals surface area contributed by atoms with Crippen molar-refractivity contribution in [2.75, 3.05) is 18.0 Å². The molecule has 2 amide bonds. The highest BCUT2D eigenvalue weighted by Crippen LogP contribution is 2.26. The highest BCUT2D eigenvalue weighted by Gasteiger charge is 2.36. The van der Waals surface area contributed by atoms with Gasteiger partial charge in [-0.3, -0.25) is 13.9 Å². The second kappa shape index (κ2) is 14.4. The lowest BCUT2D eigenvalue weighted by Gasteiger charge is -2.35. The number of benzene rings is 4. The molecular weight excluding hydrogens is 593 g/mol. The number of rotatable bonds is 12. The van der Waals surface area contributed by atoms with Gasteiger partial charge in [-0.15, -0.1) is 0 Å². The third-order valence-electron chi connectivity index (χ3n) is 7.04. The van der Waals surface area contributed by atoms with Crippen molar-refractivity contribution in [3.63, 3.8) is 0 Å². The van der Waals surface area contributed by atoms with Crippen molar-refractivity contribution in [3.8, 4) is 5.75 Å². The van der Waals surface area contributed by atoms with Gasteiger partial charge in [-0.1, -0.05) is 66.7 Å². The molecule has 4 rings (SSSR count). The Hall–Kier alpha value is -4.70. The van der Waals surface area contributed by atoms with Gasteiger partial charge < -0.3 is 15.0 Å². The van der Waals surface area contributed by atoms with E-state index in [1.807, 2.05) is 51.1 Å². The zero-order valence-electron chi connectivity index (χ0n) is 25.8. The average molecular weight is 632 g/mol. The number of amides is 2. The fourth-order valence-electron chi connectivity index (χ4n) is 4.81. The van der Waals surface area contributed by atoms with E-state index in [-0.39, 0.29) is 29.1 Å². The lowest BCUT2D eigenvalue weighted by atomic mass is 10.0. The van der Waals surface area contributed by atoms with Crippen LogP contribution in [0.3, 0.4) is 0 Å². The molecule has 1 N–H and O–H groups in total. The molecule has 4 aromatic carbocycles. The quantitative estimate of drug-likeness (QED) is 0.220. The number of carbonyl (C=O) groups excluding carboxylic acids is 2. The molecule has 0 heterocycles. The van der Waals surface area contributed by atoms with Gasteiger partial charge >= 0.3 is 0 Å². The standard InChI is InChI=1S/C35H38FN3O5S/c1-35(2,3)37-34(41)32(23-26-13-7-5-8-14-26)38(24-27-15-11-12-18-31(27)36)33(40)25-39(28-16-9-6-10-17-28)45(42,43)30-21-19-29(44-4)20-22-30/h5-22,32H,23-25H2,1-4H3,(H,37,41). The van der Waals surface area contributed by atoms with Crippen LogP contribution in [0, 0.1) is 5.82 Å². The lowest BCUT2D eigenvalue weighted by molar-refractivity contribution is -0.140. The summed E-state index contributed by atoms with van der Waals surface area (Å²) in [6, 6.07) is 28.2. The second-order valence-electron chi connectivity index (χ2n) is 11.6. The molecule has 4 aromatic rings. The molecule has 0 aromatic heterocycles. The van der Waals surface area contributed by atoms with Crippen molar-refractivity contribution < 1.29 is 27.1 Å². The fraction of sp³-hybridized carbons (Fsp3) is 0.257. The number of hydrogen-bond acceptors (Lipinski definition) is 5. The molecule has 0 aliphatic heterocycles. The van der Waals surface area contributed by atoms with Crippen LogP contribution in [0.4, 0.5) is 10.1 Å². The second-order valence-corrected chi connectivity index (χ2v) is 13.4. The number of anilines is 1. The summed E-state index contributed by atoms with van der Waals surface area (Å²) in [6.07, 6.45) is 0.125. The Morgan fingerprint density at radius 1 is 0.844 bits per heavy atom. The summed E-state index contributed by atoms with van der Waals surface area (Å²) in [6.45, 7) is 4.58. The first kappa shape index (κ1) is 33.2. The number of methoxy groups -OCH3 is 1. The number of sulfonamides is 1. The first-order valence-electron chi connectivity index (χ1n) is 14.5. The highest BCUT2D eigenvalue weighted by molar-refractivity contribution is 7.92. The minimum Gasteiger partial charge on any atom is -0.497 e. The molecule has 0 aliphatic rings. The summed E-state index contributed by atoms with van der Waals surface area (Å²) in [5.41, 5.74) is 0.596. The summed E-state index contributed by atoms with van der Waals surface area (Å²) in [7, 11) is -2.79. The summed E-state index contributed by atoms with van der Waals surface area (Å²) in [5.74, 6) is -1.19. The Balaban J connectivity index is 1.81. The van der Waals surface area contributed by atoms with Crippen LogP contribution in [0.15, 0.2) is 114 Å². The van der Waals surface area contributed by atoms with E-state index in [1.54, 1.807) is 42.5 Å². The van der Waals surface area contributed by atoms with Gasteiger partial charge in [0, 0.05) is 24.1 Å². The first-order chi connectivity index (χ1) is 21.4. The van der Waals surface area contributed by atoms with E-state index in [0.717, 1.165) is 9.87 Å². The normalized spacial score (nSPS) is 12.2. The third-order valence-corrected chi connectivity index (χ3v) is 8.83. The van der Waals surface area contributed by atoms with Crippen molar-refractivity contribution in [1.82, 2.24) is 10.2 Å². The molecule has 8 nitrogen and oxygen atoms in total. The Bertz CT molecular complexity index is 1690. The topological polar surface area (TPSA) is 96.0 Å². The van der Waals surface area contributed by atoms with Gasteiger partial charge in [-0.25, -0.2) is 12.8 Å². The van der Waals surface area contributed by atoms with Gasteiger partial charge in [-0.05, 0) is 68.8 Å². The van der Waals surface area contributed by atoms with Crippen molar-refractivity contribution in [2.24, 2.45) is 0 Å². The van der Waals surface area contributed by atoms with Gasteiger partial charge in [0.2, 0.25) is 11.8 Å². The fourth-order valence-corrected chi connectivity index (χ4v) is 6.23. The van der Waals surface area contributed by atoms with E-state index >= 15 is 4.39 Å². The maximum atomic E-state index is 15.0. The zero-order valence-corrected chi connectivity index (χ0v) is 26.6. The highest BCUT2D eigenvalue weighted by atomic mass is 32.2. The van der Waals surface area contributed by atoms with Crippen LogP contribution in [0.1, 0.15) is 31.9 Å². The summed E-state index contributed by atoms with van der Waals surface area (Å²) < 4.78 is 49.3. The Labute approximate surface area is 264 Å². The lowest BCUT2D eigenvalue weighted by Crippen LogP contribution is -2.56. The monoisotopic (exact) mass is 631 g/mol. The maximum Gasteiger partial charge on any atom is 0.264 e. The molecule has 236 valence electrons. The van der Waals surface area contributed by atoms with Crippen LogP contribution < -0.4 is 14.4 Å². The van der Waals surface area contributed by atoms with Gasteiger partial charge in [0.1, 0.15) is 24.2 Å². The van der Waals surface area contributed by atoms with Gasteiger partial charge in [0.05, 0.1) is 17.7 Å². The molecule has 0 bridgehead atoms. The van der Waals surface area contributed by atoms with Crippen LogP contribution in [0.5, 0.6) is 5.75 Å². The number of carbonyl (C=O) groups is 2. The van der Waals surface area contributed by atoms with Crippen LogP contribution in [0.25, 0.3) is 0 Å². The first-order valence-corrected chi connectivity index (χ1v) is 15.9. The predicted octanol–water partition coefficient (Wildman–Crippen LogP) is 5.58. The molecule has 0 radical (unpaired) electrons. The molecular formula is C35H38FN3O5S. The van der Waals surface area contributed by atoms with E-state index in [9.17, 15) is 18.0 Å². The predicted molar refractivity (Wildman–Crippen MR) is 173 cm³/mol. The molecule has 0 aliphatic carbocycles. The van der Waals surface area contributed by atoms with Crippen LogP contribution in [0.2, 0.25) is 0 Å². The molecule has 0 fully saturated rings. The summed E-state index contributed by atoms with van der Waals surface area (Å²) >= 11 is 0. The third kappa shape index (κ3) is 8.69. The van der Waals surface area contributed by atoms with Crippen LogP contribution in [-0.2, 0) is 32.6 Å². The Morgan fingerprint density at radius 2 is 1.42 bits per heavy atom. The number of nitrogens with one attached hydrogen (secondary N) is 1. The number of ether oxygens (including phenoxy) is 1. The minimum atomic E-state index is -4.27. The molecule has 0 saturated heterocycles.